The summed E-state index contributed by atoms with van der Waals surface area (Å²) in [6.07, 6.45) is 10.3. The van der Waals surface area contributed by atoms with Crippen LogP contribution in [0.4, 0.5) is 0 Å². The third-order valence-corrected chi connectivity index (χ3v) is 6.20. The molecule has 1 N–H and O–H groups in total. The maximum absolute atomic E-state index is 12.9. The van der Waals surface area contributed by atoms with Gasteiger partial charge in [-0.05, 0) is 63.3 Å². The van der Waals surface area contributed by atoms with Crippen molar-refractivity contribution in [2.45, 2.75) is 63.5 Å². The van der Waals surface area contributed by atoms with Gasteiger partial charge >= 0.3 is 0 Å². The molecule has 0 aromatic carbocycles. The molecule has 2 saturated heterocycles. The van der Waals surface area contributed by atoms with Gasteiger partial charge in [0.05, 0.1) is 0 Å². The Morgan fingerprint density at radius 1 is 1.05 bits per heavy atom. The minimum atomic E-state index is 0.390. The predicted molar refractivity (Wildman–Crippen MR) is 74.7 cm³/mol. The van der Waals surface area contributed by atoms with Gasteiger partial charge in [0.15, 0.2) is 0 Å². The lowest BCUT2D eigenvalue weighted by atomic mass is 9.87. The number of nitrogens with one attached hydrogen (secondary N) is 1. The van der Waals surface area contributed by atoms with E-state index in [1.54, 1.807) is 0 Å². The van der Waals surface area contributed by atoms with Crippen LogP contribution in [0.5, 0.6) is 0 Å². The molecule has 2 aliphatic carbocycles. The molecule has 0 aromatic heterocycles. The second kappa shape index (κ2) is 4.76. The fourth-order valence-electron chi connectivity index (χ4n) is 5.28. The molecule has 4 fully saturated rings. The van der Waals surface area contributed by atoms with Crippen molar-refractivity contribution in [3.05, 3.63) is 0 Å². The number of nitrogens with zero attached hydrogens (tertiary/aromatic N) is 1. The SMILES string of the molecule is O=C(C1CC2CCC1C2)N1CCCC1C1CCCN1. The fourth-order valence-corrected chi connectivity index (χ4v) is 5.28. The molecule has 2 saturated carbocycles. The van der Waals surface area contributed by atoms with Gasteiger partial charge in [0.25, 0.3) is 0 Å². The number of carbonyl (C=O) groups is 1. The van der Waals surface area contributed by atoms with Crippen molar-refractivity contribution in [1.29, 1.82) is 0 Å². The first-order valence-electron chi connectivity index (χ1n) is 8.37. The topological polar surface area (TPSA) is 32.3 Å². The van der Waals surface area contributed by atoms with Gasteiger partial charge in [-0.1, -0.05) is 6.42 Å². The van der Waals surface area contributed by atoms with E-state index < -0.39 is 0 Å². The van der Waals surface area contributed by atoms with Crippen molar-refractivity contribution in [3.63, 3.8) is 0 Å². The molecule has 0 aromatic rings. The molecule has 2 aliphatic heterocycles. The molecule has 1 amide bonds. The number of carbonyl (C=O) groups excluding carboxylic acids is 1. The lowest BCUT2D eigenvalue weighted by molar-refractivity contribution is -0.138. The van der Waals surface area contributed by atoms with Crippen LogP contribution in [0, 0.1) is 17.8 Å². The molecule has 4 rings (SSSR count). The van der Waals surface area contributed by atoms with Gasteiger partial charge in [-0.2, -0.15) is 0 Å². The second-order valence-electron chi connectivity index (χ2n) is 7.23. The van der Waals surface area contributed by atoms with E-state index in [0.717, 1.165) is 24.9 Å². The first kappa shape index (κ1) is 12.2. The summed E-state index contributed by atoms with van der Waals surface area (Å²) >= 11 is 0. The molecule has 106 valence electrons. The smallest absolute Gasteiger partial charge is 0.226 e. The zero-order valence-electron chi connectivity index (χ0n) is 11.8. The lowest BCUT2D eigenvalue weighted by Crippen LogP contribution is -2.49. The van der Waals surface area contributed by atoms with Gasteiger partial charge in [-0.15, -0.1) is 0 Å². The lowest BCUT2D eigenvalue weighted by Gasteiger charge is -2.33. The highest BCUT2D eigenvalue weighted by Gasteiger charge is 2.46. The van der Waals surface area contributed by atoms with Crippen molar-refractivity contribution < 1.29 is 4.79 Å². The first-order chi connectivity index (χ1) is 9.33. The molecule has 5 atom stereocenters. The van der Waals surface area contributed by atoms with Crippen LogP contribution >= 0.6 is 0 Å². The van der Waals surface area contributed by atoms with E-state index in [1.807, 2.05) is 0 Å². The average Bonchev–Trinajstić information content (AvgIpc) is 3.17. The minimum Gasteiger partial charge on any atom is -0.338 e. The van der Waals surface area contributed by atoms with Crippen LogP contribution in [-0.4, -0.2) is 36.0 Å². The molecule has 5 unspecified atom stereocenters. The molecule has 2 heterocycles. The van der Waals surface area contributed by atoms with Crippen LogP contribution in [0.1, 0.15) is 51.4 Å². The molecule has 19 heavy (non-hydrogen) atoms. The molecule has 3 nitrogen and oxygen atoms in total. The van der Waals surface area contributed by atoms with Crippen molar-refractivity contribution in [1.82, 2.24) is 10.2 Å². The van der Waals surface area contributed by atoms with Crippen molar-refractivity contribution in [2.75, 3.05) is 13.1 Å². The number of amides is 1. The Hall–Kier alpha value is -0.570. The third-order valence-electron chi connectivity index (χ3n) is 6.20. The van der Waals surface area contributed by atoms with Crippen LogP contribution in [-0.2, 0) is 4.79 Å². The number of likely N-dealkylation sites (tertiary alicyclic amines) is 1. The van der Waals surface area contributed by atoms with Gasteiger partial charge in [0.2, 0.25) is 5.91 Å². The highest BCUT2D eigenvalue weighted by atomic mass is 16.2. The van der Waals surface area contributed by atoms with E-state index in [4.69, 9.17) is 0 Å². The van der Waals surface area contributed by atoms with E-state index in [9.17, 15) is 4.79 Å². The van der Waals surface area contributed by atoms with E-state index in [-0.39, 0.29) is 0 Å². The van der Waals surface area contributed by atoms with Gasteiger partial charge in [-0.3, -0.25) is 4.79 Å². The Bertz CT molecular complexity index is 364. The Morgan fingerprint density at radius 2 is 2.00 bits per heavy atom. The summed E-state index contributed by atoms with van der Waals surface area (Å²) in [6.45, 7) is 2.17. The number of hydrogen-bond acceptors (Lipinski definition) is 2. The normalized spacial score (nSPS) is 45.3. The van der Waals surface area contributed by atoms with Gasteiger partial charge < -0.3 is 10.2 Å². The minimum absolute atomic E-state index is 0.390. The van der Waals surface area contributed by atoms with Crippen molar-refractivity contribution in [2.24, 2.45) is 17.8 Å². The zero-order chi connectivity index (χ0) is 12.8. The molecule has 0 radical (unpaired) electrons. The summed E-state index contributed by atoms with van der Waals surface area (Å²) in [5, 5.41) is 3.61. The highest BCUT2D eigenvalue weighted by molar-refractivity contribution is 5.80. The van der Waals surface area contributed by atoms with E-state index >= 15 is 0 Å². The fraction of sp³-hybridized carbons (Fsp3) is 0.938. The molecule has 3 heteroatoms. The van der Waals surface area contributed by atoms with Gasteiger partial charge in [0, 0.05) is 24.5 Å². The van der Waals surface area contributed by atoms with Crippen molar-refractivity contribution >= 4 is 5.91 Å². The summed E-state index contributed by atoms with van der Waals surface area (Å²) in [6, 6.07) is 1.10. The Kier molecular flexibility index (Phi) is 3.06. The van der Waals surface area contributed by atoms with Crippen LogP contribution in [0.3, 0.4) is 0 Å². The van der Waals surface area contributed by atoms with E-state index in [0.29, 0.717) is 23.9 Å². The molecule has 2 bridgehead atoms. The van der Waals surface area contributed by atoms with Crippen LogP contribution in [0.25, 0.3) is 0 Å². The first-order valence-corrected chi connectivity index (χ1v) is 8.37. The van der Waals surface area contributed by atoms with E-state index in [2.05, 4.69) is 10.2 Å². The quantitative estimate of drug-likeness (QED) is 0.827. The summed E-state index contributed by atoms with van der Waals surface area (Å²) < 4.78 is 0. The van der Waals surface area contributed by atoms with Gasteiger partial charge in [0.1, 0.15) is 0 Å². The maximum atomic E-state index is 12.9. The number of fused-ring (bicyclic) bond motifs is 2. The van der Waals surface area contributed by atoms with E-state index in [1.165, 1.54) is 51.4 Å². The summed E-state index contributed by atoms with van der Waals surface area (Å²) in [4.78, 5) is 15.2. The van der Waals surface area contributed by atoms with Crippen LogP contribution in [0.15, 0.2) is 0 Å². The Balaban J connectivity index is 1.46. The Morgan fingerprint density at radius 3 is 2.68 bits per heavy atom. The Labute approximate surface area is 116 Å². The van der Waals surface area contributed by atoms with Gasteiger partial charge in [-0.25, -0.2) is 0 Å². The monoisotopic (exact) mass is 262 g/mol. The summed E-state index contributed by atoms with van der Waals surface area (Å²) in [5.41, 5.74) is 0. The van der Waals surface area contributed by atoms with Crippen LogP contribution in [0.2, 0.25) is 0 Å². The highest BCUT2D eigenvalue weighted by Crippen LogP contribution is 2.49. The van der Waals surface area contributed by atoms with Crippen molar-refractivity contribution in [3.8, 4) is 0 Å². The summed E-state index contributed by atoms with van der Waals surface area (Å²) in [5.74, 6) is 2.52. The zero-order valence-corrected chi connectivity index (χ0v) is 11.8. The molecular formula is C16H26N2O. The number of hydrogen-bond donors (Lipinski definition) is 1. The number of rotatable bonds is 2. The molecule has 4 aliphatic rings. The predicted octanol–water partition coefficient (Wildman–Crippen LogP) is 2.17. The maximum Gasteiger partial charge on any atom is 0.226 e. The largest absolute Gasteiger partial charge is 0.338 e. The average molecular weight is 262 g/mol. The third kappa shape index (κ3) is 2.01. The summed E-state index contributed by atoms with van der Waals surface area (Å²) in [7, 11) is 0. The molecular weight excluding hydrogens is 236 g/mol. The molecule has 0 spiro atoms. The van der Waals surface area contributed by atoms with Crippen LogP contribution < -0.4 is 5.32 Å². The second-order valence-corrected chi connectivity index (χ2v) is 7.23. The standard InChI is InChI=1S/C16H26N2O/c19-16(13-10-11-5-6-12(13)9-11)18-8-2-4-15(18)14-3-1-7-17-14/h11-15,17H,1-10H2.